The van der Waals surface area contributed by atoms with Gasteiger partial charge in [0.05, 0.1) is 23.8 Å². The lowest BCUT2D eigenvalue weighted by atomic mass is 10.1. The lowest BCUT2D eigenvalue weighted by molar-refractivity contribution is -0.384. The summed E-state index contributed by atoms with van der Waals surface area (Å²) in [6.07, 6.45) is 3.14. The quantitative estimate of drug-likeness (QED) is 0.225. The number of rotatable bonds is 8. The van der Waals surface area contributed by atoms with E-state index in [1.165, 1.54) is 23.1 Å². The van der Waals surface area contributed by atoms with Crippen LogP contribution in [-0.4, -0.2) is 17.4 Å². The van der Waals surface area contributed by atoms with Crippen molar-refractivity contribution in [3.63, 3.8) is 0 Å². The Balaban J connectivity index is 1.95. The van der Waals surface area contributed by atoms with Crippen LogP contribution in [0.2, 0.25) is 0 Å². The highest BCUT2D eigenvalue weighted by atomic mass is 79.9. The third kappa shape index (κ3) is 6.02. The number of benzene rings is 3. The molecule has 1 amide bonds. The summed E-state index contributed by atoms with van der Waals surface area (Å²) in [6, 6.07) is 21.1. The molecule has 0 N–H and O–H groups in total. The number of anilines is 1. The number of carbonyl (C=O) groups is 1. The predicted molar refractivity (Wildman–Crippen MR) is 125 cm³/mol. The van der Waals surface area contributed by atoms with E-state index in [1.807, 2.05) is 55.5 Å². The van der Waals surface area contributed by atoms with E-state index in [2.05, 4.69) is 15.9 Å². The first-order valence-electron chi connectivity index (χ1n) is 9.68. The Kier molecular flexibility index (Phi) is 7.56. The molecule has 0 saturated heterocycles. The highest BCUT2D eigenvalue weighted by Crippen LogP contribution is 2.26. The summed E-state index contributed by atoms with van der Waals surface area (Å²) in [4.78, 5) is 25.4. The summed E-state index contributed by atoms with van der Waals surface area (Å²) >= 11 is 3.44. The van der Waals surface area contributed by atoms with Gasteiger partial charge in [-0.25, -0.2) is 0 Å². The molecule has 0 radical (unpaired) electrons. The number of halogens is 1. The Labute approximate surface area is 189 Å². The molecule has 7 heteroatoms. The highest BCUT2D eigenvalue weighted by molar-refractivity contribution is 9.10. The molecule has 0 heterocycles. The van der Waals surface area contributed by atoms with Gasteiger partial charge >= 0.3 is 0 Å². The molecule has 0 aliphatic heterocycles. The minimum atomic E-state index is -0.472. The Morgan fingerprint density at radius 1 is 1.10 bits per heavy atom. The smallest absolute Gasteiger partial charge is 0.271 e. The second kappa shape index (κ2) is 10.5. The Bertz CT molecular complexity index is 1100. The predicted octanol–water partition coefficient (Wildman–Crippen LogP) is 6.00. The van der Waals surface area contributed by atoms with Crippen LogP contribution in [0.3, 0.4) is 0 Å². The van der Waals surface area contributed by atoms with Crippen LogP contribution >= 0.6 is 15.9 Å². The molecule has 0 atom stereocenters. The van der Waals surface area contributed by atoms with E-state index in [-0.39, 0.29) is 18.1 Å². The molecule has 0 bridgehead atoms. The minimum Gasteiger partial charge on any atom is -0.493 e. The average Bonchev–Trinajstić information content (AvgIpc) is 2.78. The average molecular weight is 481 g/mol. The van der Waals surface area contributed by atoms with Crippen LogP contribution in [0.15, 0.2) is 83.3 Å². The molecule has 3 aromatic carbocycles. The first kappa shape index (κ1) is 22.2. The van der Waals surface area contributed by atoms with Gasteiger partial charge in [0.1, 0.15) is 5.75 Å². The molecular weight excluding hydrogens is 460 g/mol. The maximum Gasteiger partial charge on any atom is 0.271 e. The molecule has 0 spiro atoms. The minimum absolute atomic E-state index is 0.0713. The summed E-state index contributed by atoms with van der Waals surface area (Å²) in [5, 5.41) is 11.2. The van der Waals surface area contributed by atoms with Crippen molar-refractivity contribution in [1.82, 2.24) is 0 Å². The van der Waals surface area contributed by atoms with Gasteiger partial charge in [0, 0.05) is 28.2 Å². The Hall–Kier alpha value is -3.45. The number of amides is 1. The van der Waals surface area contributed by atoms with Crippen molar-refractivity contribution in [2.45, 2.75) is 13.5 Å². The molecule has 6 nitrogen and oxygen atoms in total. The maximum absolute atomic E-state index is 13.2. The Morgan fingerprint density at radius 3 is 2.58 bits per heavy atom. The summed E-state index contributed by atoms with van der Waals surface area (Å²) < 4.78 is 6.50. The molecule has 0 saturated carbocycles. The zero-order valence-electron chi connectivity index (χ0n) is 16.9. The van der Waals surface area contributed by atoms with Crippen molar-refractivity contribution in [3.8, 4) is 5.75 Å². The third-order valence-corrected chi connectivity index (χ3v) is 4.97. The number of ether oxygens (including phenoxy) is 1. The number of hydrogen-bond acceptors (Lipinski definition) is 4. The molecule has 158 valence electrons. The summed E-state index contributed by atoms with van der Waals surface area (Å²) in [5.74, 6) is 0.367. The van der Waals surface area contributed by atoms with Crippen LogP contribution in [0, 0.1) is 10.1 Å². The first-order chi connectivity index (χ1) is 15.0. The molecule has 3 aromatic rings. The van der Waals surface area contributed by atoms with Crippen molar-refractivity contribution < 1.29 is 14.5 Å². The van der Waals surface area contributed by atoms with E-state index >= 15 is 0 Å². The summed E-state index contributed by atoms with van der Waals surface area (Å²) in [5.41, 5.74) is 2.04. The van der Waals surface area contributed by atoms with Crippen LogP contribution in [-0.2, 0) is 11.3 Å². The lowest BCUT2D eigenvalue weighted by Crippen LogP contribution is -2.28. The molecule has 31 heavy (non-hydrogen) atoms. The topological polar surface area (TPSA) is 72.7 Å². The van der Waals surface area contributed by atoms with E-state index in [9.17, 15) is 14.9 Å². The van der Waals surface area contributed by atoms with Gasteiger partial charge < -0.3 is 9.64 Å². The standard InChI is InChI=1S/C24H21BrN2O4/c1-2-31-23-13-12-20(25)15-19(23)11-14-24(28)26(17-18-7-4-3-5-8-18)21-9-6-10-22(16-21)27(29)30/h3-16H,2,17H2,1H3/b14-11+. The van der Waals surface area contributed by atoms with Gasteiger partial charge in [-0.3, -0.25) is 14.9 Å². The number of non-ortho nitro benzene ring substituents is 1. The zero-order valence-corrected chi connectivity index (χ0v) is 18.5. The van der Waals surface area contributed by atoms with Crippen LogP contribution < -0.4 is 9.64 Å². The first-order valence-corrected chi connectivity index (χ1v) is 10.5. The van der Waals surface area contributed by atoms with E-state index < -0.39 is 4.92 Å². The molecule has 0 aromatic heterocycles. The van der Waals surface area contributed by atoms with Crippen LogP contribution in [0.25, 0.3) is 6.08 Å². The maximum atomic E-state index is 13.2. The number of nitrogens with zero attached hydrogens (tertiary/aromatic N) is 2. The fraction of sp³-hybridized carbons (Fsp3) is 0.125. The number of nitro benzene ring substituents is 1. The molecule has 0 fully saturated rings. The summed E-state index contributed by atoms with van der Waals surface area (Å²) in [6.45, 7) is 2.68. The van der Waals surface area contributed by atoms with Gasteiger partial charge in [-0.2, -0.15) is 0 Å². The summed E-state index contributed by atoms with van der Waals surface area (Å²) in [7, 11) is 0. The molecular formula is C24H21BrN2O4. The number of carbonyl (C=O) groups excluding carboxylic acids is 1. The second-order valence-electron chi connectivity index (χ2n) is 6.64. The molecule has 0 unspecified atom stereocenters. The van der Waals surface area contributed by atoms with Gasteiger partial charge in [-0.1, -0.05) is 52.3 Å². The fourth-order valence-corrected chi connectivity index (χ4v) is 3.40. The van der Waals surface area contributed by atoms with Crippen molar-refractivity contribution in [2.24, 2.45) is 0 Å². The lowest BCUT2D eigenvalue weighted by Gasteiger charge is -2.21. The second-order valence-corrected chi connectivity index (χ2v) is 7.55. The van der Waals surface area contributed by atoms with E-state index in [0.29, 0.717) is 18.0 Å². The fourth-order valence-electron chi connectivity index (χ4n) is 3.02. The molecule has 0 aliphatic rings. The van der Waals surface area contributed by atoms with Crippen LogP contribution in [0.4, 0.5) is 11.4 Å². The van der Waals surface area contributed by atoms with Gasteiger partial charge in [0.2, 0.25) is 0 Å². The molecule has 0 aliphatic carbocycles. The highest BCUT2D eigenvalue weighted by Gasteiger charge is 2.17. The van der Waals surface area contributed by atoms with Gasteiger partial charge in [0.25, 0.3) is 11.6 Å². The van der Waals surface area contributed by atoms with Gasteiger partial charge in [-0.15, -0.1) is 0 Å². The third-order valence-electron chi connectivity index (χ3n) is 4.48. The van der Waals surface area contributed by atoms with Crippen molar-refractivity contribution in [3.05, 3.63) is 105 Å². The van der Waals surface area contributed by atoms with Crippen LogP contribution in [0.5, 0.6) is 5.75 Å². The number of nitro groups is 1. The SMILES string of the molecule is CCOc1ccc(Br)cc1/C=C/C(=O)N(Cc1ccccc1)c1cccc([N+](=O)[O-])c1. The van der Waals surface area contributed by atoms with E-state index in [1.54, 1.807) is 18.2 Å². The van der Waals surface area contributed by atoms with Crippen LogP contribution in [0.1, 0.15) is 18.1 Å². The Morgan fingerprint density at radius 2 is 1.87 bits per heavy atom. The van der Waals surface area contributed by atoms with E-state index in [4.69, 9.17) is 4.74 Å². The largest absolute Gasteiger partial charge is 0.493 e. The monoisotopic (exact) mass is 480 g/mol. The normalized spacial score (nSPS) is 10.8. The van der Waals surface area contributed by atoms with Crippen molar-refractivity contribution >= 4 is 39.3 Å². The van der Waals surface area contributed by atoms with Crippen molar-refractivity contribution in [2.75, 3.05) is 11.5 Å². The number of hydrogen-bond donors (Lipinski definition) is 0. The van der Waals surface area contributed by atoms with Gasteiger partial charge in [-0.05, 0) is 42.8 Å². The van der Waals surface area contributed by atoms with Gasteiger partial charge in [0.15, 0.2) is 0 Å². The zero-order chi connectivity index (χ0) is 22.2. The van der Waals surface area contributed by atoms with E-state index in [0.717, 1.165) is 15.6 Å². The molecule has 3 rings (SSSR count). The van der Waals surface area contributed by atoms with Crippen molar-refractivity contribution in [1.29, 1.82) is 0 Å².